The van der Waals surface area contributed by atoms with Gasteiger partial charge in [-0.05, 0) is 68.3 Å². The topological polar surface area (TPSA) is 103 Å². The molecule has 7 nitrogen and oxygen atoms in total. The lowest BCUT2D eigenvalue weighted by Gasteiger charge is -2.28. The van der Waals surface area contributed by atoms with Gasteiger partial charge >= 0.3 is 0 Å². The van der Waals surface area contributed by atoms with E-state index >= 15 is 0 Å². The summed E-state index contributed by atoms with van der Waals surface area (Å²) in [4.78, 5) is 7.28. The maximum atomic E-state index is 10.4. The summed E-state index contributed by atoms with van der Waals surface area (Å²) in [5, 5.41) is 24.1. The van der Waals surface area contributed by atoms with Crippen molar-refractivity contribution in [2.45, 2.75) is 31.9 Å². The molecule has 0 aliphatic rings. The molecule has 7 heteroatoms. The number of benzene rings is 2. The van der Waals surface area contributed by atoms with Crippen molar-refractivity contribution in [2.24, 2.45) is 0 Å². The van der Waals surface area contributed by atoms with Crippen LogP contribution in [0.1, 0.15) is 25.0 Å². The van der Waals surface area contributed by atoms with Crippen LogP contribution < -0.4 is 14.8 Å². The Kier molecular flexibility index (Phi) is 7.12. The van der Waals surface area contributed by atoms with Crippen LogP contribution in [0, 0.1) is 11.3 Å². The van der Waals surface area contributed by atoms with E-state index in [4.69, 9.17) is 9.47 Å². The molecule has 0 saturated heterocycles. The summed E-state index contributed by atoms with van der Waals surface area (Å²) >= 11 is 0. The Labute approximate surface area is 199 Å². The van der Waals surface area contributed by atoms with E-state index in [9.17, 15) is 10.4 Å². The van der Waals surface area contributed by atoms with E-state index < -0.39 is 6.10 Å². The number of β-amino-alcohol motifs (C(OH)–C–C–N with tert-alkyl or cyclic N) is 1. The minimum atomic E-state index is -0.642. The predicted molar refractivity (Wildman–Crippen MR) is 131 cm³/mol. The van der Waals surface area contributed by atoms with E-state index in [1.54, 1.807) is 18.3 Å². The molecule has 4 aromatic rings. The fourth-order valence-electron chi connectivity index (χ4n) is 3.74. The number of rotatable bonds is 10. The number of nitriles is 1. The van der Waals surface area contributed by atoms with E-state index in [2.05, 4.69) is 35.2 Å². The van der Waals surface area contributed by atoms with E-state index in [0.29, 0.717) is 23.7 Å². The van der Waals surface area contributed by atoms with Gasteiger partial charge in [0, 0.05) is 35.4 Å². The Morgan fingerprint density at radius 1 is 1.12 bits per heavy atom. The number of hydrogen-bond donors (Lipinski definition) is 3. The average Bonchev–Trinajstić information content (AvgIpc) is 3.32. The second-order valence-electron chi connectivity index (χ2n) is 8.82. The molecule has 2 heterocycles. The number of aliphatic hydroxyl groups excluding tert-OH is 1. The Balaban J connectivity index is 1.27. The van der Waals surface area contributed by atoms with Crippen molar-refractivity contribution in [3.63, 3.8) is 0 Å². The van der Waals surface area contributed by atoms with E-state index in [-0.39, 0.29) is 12.1 Å². The van der Waals surface area contributed by atoms with Crippen LogP contribution in [-0.4, -0.2) is 39.9 Å². The largest absolute Gasteiger partial charge is 0.490 e. The molecule has 2 aromatic carbocycles. The number of aromatic nitrogens is 2. The molecule has 1 atom stereocenters. The lowest BCUT2D eigenvalue weighted by molar-refractivity contribution is 0.0996. The molecule has 34 heavy (non-hydrogen) atoms. The molecule has 0 spiro atoms. The summed E-state index contributed by atoms with van der Waals surface area (Å²) in [5.74, 6) is 1.67. The van der Waals surface area contributed by atoms with E-state index in [0.717, 1.165) is 28.6 Å². The van der Waals surface area contributed by atoms with Crippen LogP contribution >= 0.6 is 0 Å². The van der Waals surface area contributed by atoms with Crippen molar-refractivity contribution < 1.29 is 14.6 Å². The number of nitrogens with zero attached hydrogens (tertiary/aromatic N) is 2. The Morgan fingerprint density at radius 2 is 1.94 bits per heavy atom. The van der Waals surface area contributed by atoms with Crippen LogP contribution in [-0.2, 0) is 6.42 Å². The normalized spacial score (nSPS) is 12.3. The zero-order chi connectivity index (χ0) is 24.0. The number of fused-ring (bicyclic) bond motifs is 1. The summed E-state index contributed by atoms with van der Waals surface area (Å²) in [6, 6.07) is 21.0. The lowest BCUT2D eigenvalue weighted by Crippen LogP contribution is -2.46. The second kappa shape index (κ2) is 10.4. The molecule has 174 valence electrons. The zero-order valence-electron chi connectivity index (χ0n) is 19.3. The third-order valence-electron chi connectivity index (χ3n) is 5.48. The summed E-state index contributed by atoms with van der Waals surface area (Å²) < 4.78 is 11.6. The molecule has 0 amide bonds. The highest BCUT2D eigenvalue weighted by molar-refractivity contribution is 5.85. The monoisotopic (exact) mass is 456 g/mol. The minimum absolute atomic E-state index is 0.206. The quantitative estimate of drug-likeness (QED) is 0.323. The molecular formula is C27H28N4O3. The Bertz CT molecular complexity index is 1280. The molecule has 0 aliphatic carbocycles. The van der Waals surface area contributed by atoms with Gasteiger partial charge in [0.1, 0.15) is 35.8 Å². The summed E-state index contributed by atoms with van der Waals surface area (Å²) in [6.45, 7) is 4.81. The number of H-pyrrole nitrogens is 1. The van der Waals surface area contributed by atoms with Gasteiger partial charge in [0.15, 0.2) is 0 Å². The third kappa shape index (κ3) is 5.93. The van der Waals surface area contributed by atoms with Crippen molar-refractivity contribution in [3.05, 3.63) is 84.2 Å². The summed E-state index contributed by atoms with van der Waals surface area (Å²) in [5.41, 5.74) is 2.28. The van der Waals surface area contributed by atoms with Crippen LogP contribution in [0.25, 0.3) is 10.9 Å². The zero-order valence-corrected chi connectivity index (χ0v) is 19.3. The van der Waals surface area contributed by atoms with Gasteiger partial charge in [0.25, 0.3) is 0 Å². The SMILES string of the molecule is CC(C)(Cc1ccc(Oc2ncccc2C#N)cc1)NCC(O)COc1cccc2[nH]ccc12. The summed E-state index contributed by atoms with van der Waals surface area (Å²) in [7, 11) is 0. The molecule has 1 unspecified atom stereocenters. The molecule has 0 aliphatic heterocycles. The van der Waals surface area contributed by atoms with Crippen LogP contribution in [0.5, 0.6) is 17.4 Å². The molecule has 0 bridgehead atoms. The number of ether oxygens (including phenoxy) is 2. The molecule has 2 aromatic heterocycles. The first-order chi connectivity index (χ1) is 16.4. The number of hydrogen-bond acceptors (Lipinski definition) is 6. The number of nitrogens with one attached hydrogen (secondary N) is 2. The highest BCUT2D eigenvalue weighted by Crippen LogP contribution is 2.25. The fraction of sp³-hybridized carbons (Fsp3) is 0.259. The van der Waals surface area contributed by atoms with Crippen molar-refractivity contribution in [2.75, 3.05) is 13.2 Å². The first kappa shape index (κ1) is 23.3. The van der Waals surface area contributed by atoms with E-state index in [1.165, 1.54) is 0 Å². The second-order valence-corrected chi connectivity index (χ2v) is 8.82. The van der Waals surface area contributed by atoms with Gasteiger partial charge in [-0.3, -0.25) is 0 Å². The molecule has 0 saturated carbocycles. The summed E-state index contributed by atoms with van der Waals surface area (Å²) in [6.07, 6.45) is 3.59. The average molecular weight is 457 g/mol. The smallest absolute Gasteiger partial charge is 0.237 e. The minimum Gasteiger partial charge on any atom is -0.490 e. The maximum absolute atomic E-state index is 10.4. The number of aliphatic hydroxyl groups is 1. The van der Waals surface area contributed by atoms with Gasteiger partial charge in [-0.25, -0.2) is 4.98 Å². The van der Waals surface area contributed by atoms with Gasteiger partial charge in [-0.15, -0.1) is 0 Å². The van der Waals surface area contributed by atoms with Crippen LogP contribution in [0.3, 0.4) is 0 Å². The van der Waals surface area contributed by atoms with Crippen molar-refractivity contribution in [1.82, 2.24) is 15.3 Å². The van der Waals surface area contributed by atoms with Gasteiger partial charge in [0.2, 0.25) is 5.88 Å². The van der Waals surface area contributed by atoms with Crippen molar-refractivity contribution in [1.29, 1.82) is 5.26 Å². The van der Waals surface area contributed by atoms with Crippen LogP contribution in [0.4, 0.5) is 0 Å². The molecule has 3 N–H and O–H groups in total. The number of aromatic amines is 1. The van der Waals surface area contributed by atoms with Gasteiger partial charge in [-0.2, -0.15) is 5.26 Å². The first-order valence-corrected chi connectivity index (χ1v) is 11.2. The maximum Gasteiger partial charge on any atom is 0.237 e. The van der Waals surface area contributed by atoms with E-state index in [1.807, 2.05) is 54.7 Å². The predicted octanol–water partition coefficient (Wildman–Crippen LogP) is 4.58. The fourth-order valence-corrected chi connectivity index (χ4v) is 3.74. The Hall–Kier alpha value is -3.86. The Morgan fingerprint density at radius 3 is 2.74 bits per heavy atom. The first-order valence-electron chi connectivity index (χ1n) is 11.2. The molecular weight excluding hydrogens is 428 g/mol. The highest BCUT2D eigenvalue weighted by atomic mass is 16.5. The van der Waals surface area contributed by atoms with Crippen LogP contribution in [0.15, 0.2) is 73.1 Å². The third-order valence-corrected chi connectivity index (χ3v) is 5.48. The molecule has 0 fully saturated rings. The van der Waals surface area contributed by atoms with Gasteiger partial charge in [-0.1, -0.05) is 18.2 Å². The van der Waals surface area contributed by atoms with Gasteiger partial charge in [0.05, 0.1) is 0 Å². The van der Waals surface area contributed by atoms with Crippen molar-refractivity contribution >= 4 is 10.9 Å². The highest BCUT2D eigenvalue weighted by Gasteiger charge is 2.20. The van der Waals surface area contributed by atoms with Crippen LogP contribution in [0.2, 0.25) is 0 Å². The van der Waals surface area contributed by atoms with Crippen molar-refractivity contribution in [3.8, 4) is 23.4 Å². The van der Waals surface area contributed by atoms with Gasteiger partial charge < -0.3 is 24.9 Å². The molecule has 4 rings (SSSR count). The number of pyridine rings is 1. The lowest BCUT2D eigenvalue weighted by atomic mass is 9.94. The molecule has 0 radical (unpaired) electrons. The standard InChI is InChI=1S/C27H28N4O3/c1-27(2,31-17-21(32)18-33-25-7-3-6-24-23(25)12-14-29-24)15-19-8-10-22(11-9-19)34-26-20(16-28)5-4-13-30-26/h3-14,21,29,31-32H,15,17-18H2,1-2H3.